The second-order valence-corrected chi connectivity index (χ2v) is 6.41. The van der Waals surface area contributed by atoms with Crippen LogP contribution in [0.3, 0.4) is 0 Å². The molecule has 0 bridgehead atoms. The third-order valence-corrected chi connectivity index (χ3v) is 4.02. The molecule has 1 amide bonds. The van der Waals surface area contributed by atoms with Crippen LogP contribution in [-0.2, 0) is 9.59 Å². The van der Waals surface area contributed by atoms with Crippen molar-refractivity contribution in [3.8, 4) is 0 Å². The number of carboxylic acid groups (broad SMARTS) is 1. The quantitative estimate of drug-likeness (QED) is 0.875. The Balaban J connectivity index is 2.27. The summed E-state index contributed by atoms with van der Waals surface area (Å²) in [6.07, 6.45) is -0.0767. The largest absolute Gasteiger partial charge is 0.481 e. The summed E-state index contributed by atoms with van der Waals surface area (Å²) in [6, 6.07) is 11.4. The SMILES string of the molecule is CC(C)(CC(=O)Nc1ccc(Br)c2ccccc12)C(=O)O. The van der Waals surface area contributed by atoms with Crippen LogP contribution in [0.1, 0.15) is 20.3 Å². The molecule has 0 atom stereocenters. The highest BCUT2D eigenvalue weighted by Crippen LogP contribution is 2.30. The number of hydrogen-bond donors (Lipinski definition) is 2. The molecule has 2 N–H and O–H groups in total. The van der Waals surface area contributed by atoms with Crippen molar-refractivity contribution in [2.45, 2.75) is 20.3 Å². The summed E-state index contributed by atoms with van der Waals surface area (Å²) < 4.78 is 0.946. The van der Waals surface area contributed by atoms with Gasteiger partial charge in [0.15, 0.2) is 0 Å². The highest BCUT2D eigenvalue weighted by atomic mass is 79.9. The van der Waals surface area contributed by atoms with Gasteiger partial charge in [0.2, 0.25) is 5.91 Å². The number of carboxylic acids is 1. The van der Waals surface area contributed by atoms with Gasteiger partial charge in [0.05, 0.1) is 5.41 Å². The molecular weight excluding hydrogens is 334 g/mol. The van der Waals surface area contributed by atoms with Crippen molar-refractivity contribution < 1.29 is 14.7 Å². The maximum Gasteiger partial charge on any atom is 0.309 e. The summed E-state index contributed by atoms with van der Waals surface area (Å²) in [7, 11) is 0. The van der Waals surface area contributed by atoms with E-state index in [4.69, 9.17) is 5.11 Å². The van der Waals surface area contributed by atoms with Crippen molar-refractivity contribution in [1.29, 1.82) is 0 Å². The van der Waals surface area contributed by atoms with Crippen molar-refractivity contribution in [2.75, 3.05) is 5.32 Å². The monoisotopic (exact) mass is 349 g/mol. The lowest BCUT2D eigenvalue weighted by Gasteiger charge is -2.18. The fourth-order valence-electron chi connectivity index (χ4n) is 2.04. The molecule has 2 rings (SSSR count). The fourth-order valence-corrected chi connectivity index (χ4v) is 2.52. The number of halogens is 1. The third kappa shape index (κ3) is 3.42. The molecular formula is C16H16BrNO3. The van der Waals surface area contributed by atoms with Gasteiger partial charge >= 0.3 is 5.97 Å². The van der Waals surface area contributed by atoms with Gasteiger partial charge in [-0.05, 0) is 31.4 Å². The van der Waals surface area contributed by atoms with Gasteiger partial charge in [-0.25, -0.2) is 0 Å². The van der Waals surface area contributed by atoms with Gasteiger partial charge in [0, 0.05) is 22.0 Å². The highest BCUT2D eigenvalue weighted by molar-refractivity contribution is 9.10. The summed E-state index contributed by atoms with van der Waals surface area (Å²) >= 11 is 3.47. The van der Waals surface area contributed by atoms with Crippen LogP contribution in [-0.4, -0.2) is 17.0 Å². The van der Waals surface area contributed by atoms with Crippen LogP contribution in [0.2, 0.25) is 0 Å². The minimum absolute atomic E-state index is 0.0767. The number of rotatable bonds is 4. The first-order valence-corrected chi connectivity index (χ1v) is 7.31. The van der Waals surface area contributed by atoms with Gasteiger partial charge < -0.3 is 10.4 Å². The van der Waals surface area contributed by atoms with E-state index < -0.39 is 11.4 Å². The zero-order valence-electron chi connectivity index (χ0n) is 11.8. The number of fused-ring (bicyclic) bond motifs is 1. The maximum atomic E-state index is 12.1. The van der Waals surface area contributed by atoms with E-state index in [-0.39, 0.29) is 12.3 Å². The van der Waals surface area contributed by atoms with Crippen molar-refractivity contribution in [3.63, 3.8) is 0 Å². The molecule has 0 unspecified atom stereocenters. The van der Waals surface area contributed by atoms with Crippen LogP contribution in [0.5, 0.6) is 0 Å². The van der Waals surface area contributed by atoms with E-state index in [1.807, 2.05) is 30.3 Å². The summed E-state index contributed by atoms with van der Waals surface area (Å²) in [5.74, 6) is -1.30. The van der Waals surface area contributed by atoms with E-state index in [0.29, 0.717) is 5.69 Å². The number of carbonyl (C=O) groups is 2. The molecule has 0 spiro atoms. The van der Waals surface area contributed by atoms with Gasteiger partial charge in [0.1, 0.15) is 0 Å². The fraction of sp³-hybridized carbons (Fsp3) is 0.250. The van der Waals surface area contributed by atoms with Gasteiger partial charge in [-0.3, -0.25) is 9.59 Å². The van der Waals surface area contributed by atoms with E-state index in [2.05, 4.69) is 21.2 Å². The molecule has 0 aliphatic heterocycles. The Morgan fingerprint density at radius 2 is 1.76 bits per heavy atom. The van der Waals surface area contributed by atoms with E-state index in [1.54, 1.807) is 6.07 Å². The molecule has 0 aromatic heterocycles. The predicted molar refractivity (Wildman–Crippen MR) is 86.3 cm³/mol. The first kappa shape index (κ1) is 15.5. The van der Waals surface area contributed by atoms with Crippen LogP contribution < -0.4 is 5.32 Å². The average molecular weight is 350 g/mol. The molecule has 5 heteroatoms. The highest BCUT2D eigenvalue weighted by Gasteiger charge is 2.30. The maximum absolute atomic E-state index is 12.1. The first-order chi connectivity index (χ1) is 9.81. The van der Waals surface area contributed by atoms with Crippen LogP contribution in [0.4, 0.5) is 5.69 Å². The molecule has 2 aromatic carbocycles. The standard InChI is InChI=1S/C16H16BrNO3/c1-16(2,15(20)21)9-14(19)18-13-8-7-12(17)10-5-3-4-6-11(10)13/h3-8H,9H2,1-2H3,(H,18,19)(H,20,21). The van der Waals surface area contributed by atoms with E-state index in [0.717, 1.165) is 15.2 Å². The Morgan fingerprint density at radius 1 is 1.14 bits per heavy atom. The lowest BCUT2D eigenvalue weighted by atomic mass is 9.89. The van der Waals surface area contributed by atoms with Gasteiger partial charge in [-0.1, -0.05) is 40.2 Å². The lowest BCUT2D eigenvalue weighted by Crippen LogP contribution is -2.29. The summed E-state index contributed by atoms with van der Waals surface area (Å²) in [4.78, 5) is 23.2. The van der Waals surface area contributed by atoms with E-state index >= 15 is 0 Å². The average Bonchev–Trinajstić information content (AvgIpc) is 2.41. The van der Waals surface area contributed by atoms with E-state index in [1.165, 1.54) is 13.8 Å². The number of benzene rings is 2. The minimum atomic E-state index is -1.09. The van der Waals surface area contributed by atoms with Crippen molar-refractivity contribution in [3.05, 3.63) is 40.9 Å². The Kier molecular flexibility index (Phi) is 4.32. The summed E-state index contributed by atoms with van der Waals surface area (Å²) in [6.45, 7) is 3.07. The number of aliphatic carboxylic acids is 1. The van der Waals surface area contributed by atoms with Gasteiger partial charge in [-0.15, -0.1) is 0 Å². The molecule has 0 fully saturated rings. The Labute approximate surface area is 131 Å². The number of anilines is 1. The molecule has 0 aliphatic rings. The Hall–Kier alpha value is -1.88. The number of hydrogen-bond acceptors (Lipinski definition) is 2. The molecule has 21 heavy (non-hydrogen) atoms. The molecule has 0 aliphatic carbocycles. The van der Waals surface area contributed by atoms with Gasteiger partial charge in [-0.2, -0.15) is 0 Å². The third-order valence-electron chi connectivity index (χ3n) is 3.33. The minimum Gasteiger partial charge on any atom is -0.481 e. The molecule has 0 saturated heterocycles. The van der Waals surface area contributed by atoms with Crippen molar-refractivity contribution >= 4 is 44.3 Å². The van der Waals surface area contributed by atoms with Crippen LogP contribution in [0.25, 0.3) is 10.8 Å². The first-order valence-electron chi connectivity index (χ1n) is 6.52. The Morgan fingerprint density at radius 3 is 2.38 bits per heavy atom. The smallest absolute Gasteiger partial charge is 0.309 e. The predicted octanol–water partition coefficient (Wildman–Crippen LogP) is 4.04. The molecule has 0 heterocycles. The van der Waals surface area contributed by atoms with E-state index in [9.17, 15) is 9.59 Å². The van der Waals surface area contributed by atoms with Crippen molar-refractivity contribution in [2.24, 2.45) is 5.41 Å². The molecule has 4 nitrogen and oxygen atoms in total. The summed E-state index contributed by atoms with van der Waals surface area (Å²) in [5, 5.41) is 13.8. The second kappa shape index (κ2) is 5.85. The van der Waals surface area contributed by atoms with Crippen LogP contribution in [0.15, 0.2) is 40.9 Å². The normalized spacial score (nSPS) is 11.4. The lowest BCUT2D eigenvalue weighted by molar-refractivity contribution is -0.148. The van der Waals surface area contributed by atoms with Crippen LogP contribution in [0, 0.1) is 5.41 Å². The van der Waals surface area contributed by atoms with Crippen LogP contribution >= 0.6 is 15.9 Å². The zero-order valence-corrected chi connectivity index (χ0v) is 13.4. The summed E-state index contributed by atoms with van der Waals surface area (Å²) in [5.41, 5.74) is -0.407. The number of nitrogens with one attached hydrogen (secondary N) is 1. The Bertz CT molecular complexity index is 710. The van der Waals surface area contributed by atoms with Crippen molar-refractivity contribution in [1.82, 2.24) is 0 Å². The molecule has 0 radical (unpaired) electrons. The topological polar surface area (TPSA) is 66.4 Å². The molecule has 110 valence electrons. The number of amides is 1. The molecule has 0 saturated carbocycles. The number of carbonyl (C=O) groups excluding carboxylic acids is 1. The van der Waals surface area contributed by atoms with Gasteiger partial charge in [0.25, 0.3) is 0 Å². The molecule has 2 aromatic rings. The zero-order chi connectivity index (χ0) is 15.6. The second-order valence-electron chi connectivity index (χ2n) is 5.55.